The highest BCUT2D eigenvalue weighted by atomic mass is 16.5. The molecule has 0 bridgehead atoms. The van der Waals surface area contributed by atoms with Crippen molar-refractivity contribution in [1.29, 1.82) is 0 Å². The molecule has 0 saturated carbocycles. The van der Waals surface area contributed by atoms with E-state index in [1.54, 1.807) is 6.07 Å². The summed E-state index contributed by atoms with van der Waals surface area (Å²) >= 11 is 0. The van der Waals surface area contributed by atoms with Crippen molar-refractivity contribution in [2.45, 2.75) is 58.3 Å². The summed E-state index contributed by atoms with van der Waals surface area (Å²) < 4.78 is 5.24. The van der Waals surface area contributed by atoms with Crippen LogP contribution in [0.1, 0.15) is 67.3 Å². The summed E-state index contributed by atoms with van der Waals surface area (Å²) in [7, 11) is 0. The largest absolute Gasteiger partial charge is 0.359 e. The standard InChI is InChI=1S/C20H24N2O3/c1-20(2,3)17-12-18(22-25-17)21-19(24)10-9-16(23)15-8-7-13-5-4-6-14(13)11-15/h7-8,11-12H,4-6,9-10H2,1-3H3,(H,21,22,24). The molecule has 25 heavy (non-hydrogen) atoms. The Morgan fingerprint density at radius 3 is 2.60 bits per heavy atom. The van der Waals surface area contributed by atoms with Crippen LogP contribution in [0.15, 0.2) is 28.8 Å². The van der Waals surface area contributed by atoms with E-state index in [2.05, 4.69) is 10.5 Å². The molecule has 1 N–H and O–H groups in total. The maximum absolute atomic E-state index is 12.3. The van der Waals surface area contributed by atoms with E-state index in [0.717, 1.165) is 19.3 Å². The number of ketones is 1. The van der Waals surface area contributed by atoms with Crippen LogP contribution >= 0.6 is 0 Å². The number of carbonyl (C=O) groups is 2. The number of carbonyl (C=O) groups excluding carboxylic acids is 2. The molecular weight excluding hydrogens is 316 g/mol. The molecular formula is C20H24N2O3. The Bertz CT molecular complexity index is 800. The van der Waals surface area contributed by atoms with Gasteiger partial charge in [0.15, 0.2) is 11.6 Å². The zero-order valence-electron chi connectivity index (χ0n) is 15.0. The van der Waals surface area contributed by atoms with E-state index in [4.69, 9.17) is 4.52 Å². The van der Waals surface area contributed by atoms with Gasteiger partial charge in [-0.15, -0.1) is 0 Å². The minimum absolute atomic E-state index is 0.000355. The van der Waals surface area contributed by atoms with Crippen LogP contribution in [-0.2, 0) is 23.1 Å². The van der Waals surface area contributed by atoms with Gasteiger partial charge in [-0.2, -0.15) is 0 Å². The van der Waals surface area contributed by atoms with Crippen molar-refractivity contribution >= 4 is 17.5 Å². The fourth-order valence-electron chi connectivity index (χ4n) is 3.01. The number of Topliss-reactive ketones (excluding diaryl/α,β-unsaturated/α-hetero) is 1. The summed E-state index contributed by atoms with van der Waals surface area (Å²) in [5.74, 6) is 0.862. The number of hydrogen-bond donors (Lipinski definition) is 1. The van der Waals surface area contributed by atoms with Crippen LogP contribution in [0.2, 0.25) is 0 Å². The maximum Gasteiger partial charge on any atom is 0.226 e. The third-order valence-electron chi connectivity index (χ3n) is 4.52. The Kier molecular flexibility index (Phi) is 4.75. The molecule has 3 rings (SSSR count). The Balaban J connectivity index is 1.53. The van der Waals surface area contributed by atoms with E-state index in [1.807, 2.05) is 39.0 Å². The lowest BCUT2D eigenvalue weighted by Gasteiger charge is -2.12. The number of aryl methyl sites for hydroxylation is 2. The van der Waals surface area contributed by atoms with Crippen molar-refractivity contribution in [3.63, 3.8) is 0 Å². The highest BCUT2D eigenvalue weighted by Gasteiger charge is 2.20. The van der Waals surface area contributed by atoms with Gasteiger partial charge in [0.05, 0.1) is 0 Å². The first-order valence-electron chi connectivity index (χ1n) is 8.75. The molecule has 0 fully saturated rings. The second-order valence-electron chi connectivity index (χ2n) is 7.63. The smallest absolute Gasteiger partial charge is 0.226 e. The molecule has 1 aliphatic carbocycles. The Morgan fingerprint density at radius 2 is 1.88 bits per heavy atom. The van der Waals surface area contributed by atoms with E-state index < -0.39 is 0 Å². The normalized spacial score (nSPS) is 13.6. The summed E-state index contributed by atoms with van der Waals surface area (Å²) in [6.45, 7) is 6.02. The van der Waals surface area contributed by atoms with Crippen LogP contribution in [0.5, 0.6) is 0 Å². The lowest BCUT2D eigenvalue weighted by Crippen LogP contribution is -2.14. The highest BCUT2D eigenvalue weighted by Crippen LogP contribution is 2.25. The summed E-state index contributed by atoms with van der Waals surface area (Å²) in [4.78, 5) is 24.4. The predicted octanol–water partition coefficient (Wildman–Crippen LogP) is 4.06. The number of rotatable bonds is 5. The Morgan fingerprint density at radius 1 is 1.12 bits per heavy atom. The molecule has 132 valence electrons. The van der Waals surface area contributed by atoms with Gasteiger partial charge < -0.3 is 9.84 Å². The lowest BCUT2D eigenvalue weighted by molar-refractivity contribution is -0.116. The van der Waals surface area contributed by atoms with E-state index in [0.29, 0.717) is 17.1 Å². The molecule has 0 saturated heterocycles. The predicted molar refractivity (Wildman–Crippen MR) is 95.9 cm³/mol. The first-order valence-corrected chi connectivity index (χ1v) is 8.75. The number of hydrogen-bond acceptors (Lipinski definition) is 4. The van der Waals surface area contributed by atoms with Crippen molar-refractivity contribution in [1.82, 2.24) is 5.16 Å². The van der Waals surface area contributed by atoms with Gasteiger partial charge in [0.2, 0.25) is 5.91 Å². The molecule has 5 nitrogen and oxygen atoms in total. The fraction of sp³-hybridized carbons (Fsp3) is 0.450. The molecule has 1 aromatic heterocycles. The third kappa shape index (κ3) is 4.16. The Labute approximate surface area is 147 Å². The second kappa shape index (κ2) is 6.82. The van der Waals surface area contributed by atoms with Crippen molar-refractivity contribution in [2.24, 2.45) is 0 Å². The van der Waals surface area contributed by atoms with Crippen LogP contribution in [0.4, 0.5) is 5.82 Å². The average Bonchev–Trinajstić information content (AvgIpc) is 3.20. The minimum atomic E-state index is -0.233. The molecule has 0 unspecified atom stereocenters. The summed E-state index contributed by atoms with van der Waals surface area (Å²) in [5.41, 5.74) is 3.15. The summed E-state index contributed by atoms with van der Waals surface area (Å²) in [6.07, 6.45) is 3.62. The minimum Gasteiger partial charge on any atom is -0.359 e. The molecule has 5 heteroatoms. The molecule has 0 atom stereocenters. The zero-order chi connectivity index (χ0) is 18.0. The van der Waals surface area contributed by atoms with E-state index >= 15 is 0 Å². The van der Waals surface area contributed by atoms with Gasteiger partial charge in [0.25, 0.3) is 0 Å². The van der Waals surface area contributed by atoms with E-state index in [9.17, 15) is 9.59 Å². The van der Waals surface area contributed by atoms with Crippen molar-refractivity contribution in [3.05, 3.63) is 46.7 Å². The maximum atomic E-state index is 12.3. The van der Waals surface area contributed by atoms with Crippen LogP contribution in [0, 0.1) is 0 Å². The van der Waals surface area contributed by atoms with Crippen molar-refractivity contribution in [2.75, 3.05) is 5.32 Å². The summed E-state index contributed by atoms with van der Waals surface area (Å²) in [5, 5.41) is 6.54. The van der Waals surface area contributed by atoms with Crippen LogP contribution in [0.3, 0.4) is 0 Å². The average molecular weight is 340 g/mol. The van der Waals surface area contributed by atoms with E-state index in [1.165, 1.54) is 11.1 Å². The summed E-state index contributed by atoms with van der Waals surface area (Å²) in [6, 6.07) is 7.62. The van der Waals surface area contributed by atoms with E-state index in [-0.39, 0.29) is 29.9 Å². The molecule has 1 amide bonds. The lowest BCUT2D eigenvalue weighted by atomic mass is 9.93. The first-order chi connectivity index (χ1) is 11.8. The first kappa shape index (κ1) is 17.4. The monoisotopic (exact) mass is 340 g/mol. The van der Waals surface area contributed by atoms with Crippen molar-refractivity contribution < 1.29 is 14.1 Å². The number of benzene rings is 1. The van der Waals surface area contributed by atoms with Gasteiger partial charge in [-0.05, 0) is 36.5 Å². The fourth-order valence-corrected chi connectivity index (χ4v) is 3.01. The number of nitrogens with zero attached hydrogens (tertiary/aromatic N) is 1. The van der Waals surface area contributed by atoms with Crippen LogP contribution < -0.4 is 5.32 Å². The third-order valence-corrected chi connectivity index (χ3v) is 4.52. The molecule has 0 spiro atoms. The van der Waals surface area contributed by atoms with Crippen LogP contribution in [0.25, 0.3) is 0 Å². The Hall–Kier alpha value is -2.43. The topological polar surface area (TPSA) is 72.2 Å². The molecule has 1 heterocycles. The second-order valence-corrected chi connectivity index (χ2v) is 7.63. The molecule has 0 radical (unpaired) electrons. The number of aromatic nitrogens is 1. The number of amides is 1. The number of fused-ring (bicyclic) bond motifs is 1. The van der Waals surface area contributed by atoms with Gasteiger partial charge >= 0.3 is 0 Å². The quantitative estimate of drug-likeness (QED) is 0.833. The molecule has 0 aliphatic heterocycles. The highest BCUT2D eigenvalue weighted by molar-refractivity contribution is 6.00. The SMILES string of the molecule is CC(C)(C)c1cc(NC(=O)CCC(=O)c2ccc3c(c2)CCC3)no1. The zero-order valence-corrected chi connectivity index (χ0v) is 15.0. The van der Waals surface area contributed by atoms with Gasteiger partial charge in [-0.1, -0.05) is 38.1 Å². The number of anilines is 1. The van der Waals surface area contributed by atoms with Gasteiger partial charge in [0, 0.05) is 29.9 Å². The van der Waals surface area contributed by atoms with Gasteiger partial charge in [0.1, 0.15) is 5.76 Å². The van der Waals surface area contributed by atoms with Gasteiger partial charge in [-0.3, -0.25) is 9.59 Å². The van der Waals surface area contributed by atoms with Crippen molar-refractivity contribution in [3.8, 4) is 0 Å². The number of nitrogens with one attached hydrogen (secondary N) is 1. The van der Waals surface area contributed by atoms with Gasteiger partial charge in [-0.25, -0.2) is 0 Å². The molecule has 2 aromatic rings. The molecule has 1 aromatic carbocycles. The molecule has 1 aliphatic rings. The van der Waals surface area contributed by atoms with Crippen LogP contribution in [-0.4, -0.2) is 16.8 Å².